The number of rotatable bonds is 23. The molecule has 0 aromatic heterocycles. The summed E-state index contributed by atoms with van der Waals surface area (Å²) in [5, 5.41) is 8.93. The van der Waals surface area contributed by atoms with Crippen LogP contribution in [0.5, 0.6) is 0 Å². The fourth-order valence-corrected chi connectivity index (χ4v) is 15.9. The molecule has 1 aliphatic carbocycles. The Labute approximate surface area is 426 Å². The lowest BCUT2D eigenvalue weighted by Gasteiger charge is -2.42. The van der Waals surface area contributed by atoms with Crippen LogP contribution in [0.1, 0.15) is 87.3 Å². The fourth-order valence-electron chi connectivity index (χ4n) is 10.7. The minimum atomic E-state index is -2.71. The smallest absolute Gasteiger partial charge is 0.407 e. The molecule has 11 heteroatoms. The van der Waals surface area contributed by atoms with E-state index in [0.717, 1.165) is 44.5 Å². The Morgan fingerprint density at radius 3 is 1.31 bits per heavy atom. The molecule has 3 amide bonds. The largest absolute Gasteiger partial charge is 0.517 e. The van der Waals surface area contributed by atoms with E-state index in [0.29, 0.717) is 0 Å². The first-order valence-electron chi connectivity index (χ1n) is 25.4. The molecule has 0 radical (unpaired) electrons. The van der Waals surface area contributed by atoms with E-state index in [9.17, 15) is 24.0 Å². The molecule has 0 aliphatic heterocycles. The average Bonchev–Trinajstić information content (AvgIpc) is 3.70. The molecular formula is C61H69N3O7Si. The Bertz CT molecular complexity index is 2680. The third kappa shape index (κ3) is 13.2. The number of hydrogen-bond acceptors (Lipinski definition) is 7. The zero-order valence-electron chi connectivity index (χ0n) is 42.4. The number of Topliss-reactive ketones (excluding diaryl/α,β-unsaturated/α-hetero) is 1. The number of carbonyl (C=O) groups excluding carboxylic acids is 5. The van der Waals surface area contributed by atoms with E-state index in [1.54, 1.807) is 0 Å². The SMILES string of the molecule is CC(C)[Si](OC(=O)[C@H](Cc1ccccc1)NC(=O)[C@@H](CC(=O)[C@H](Cc1ccccc1)NC(=O)[C@H](Cc1ccccc1)NC(=O)OCC1c2ccccc2-c2ccccc21)Cc1ccccc1)(C(C)C)C(C)C. The van der Waals surface area contributed by atoms with Crippen molar-refractivity contribution < 1.29 is 33.1 Å². The Hall–Kier alpha value is -7.11. The normalized spacial score (nSPS) is 13.8. The van der Waals surface area contributed by atoms with Crippen molar-refractivity contribution in [1.29, 1.82) is 0 Å². The number of amides is 3. The molecule has 374 valence electrons. The van der Waals surface area contributed by atoms with Crippen LogP contribution in [-0.4, -0.2) is 62.7 Å². The highest BCUT2D eigenvalue weighted by Gasteiger charge is 2.49. The van der Waals surface area contributed by atoms with Crippen LogP contribution in [0.15, 0.2) is 170 Å². The molecular weight excluding hydrogens is 915 g/mol. The third-order valence-corrected chi connectivity index (χ3v) is 20.2. The van der Waals surface area contributed by atoms with Gasteiger partial charge in [-0.05, 0) is 74.0 Å². The Kier molecular flexibility index (Phi) is 18.2. The first-order chi connectivity index (χ1) is 34.7. The van der Waals surface area contributed by atoms with Gasteiger partial charge in [0.05, 0.1) is 6.04 Å². The molecule has 0 saturated carbocycles. The lowest BCUT2D eigenvalue weighted by molar-refractivity contribution is -0.141. The van der Waals surface area contributed by atoms with Gasteiger partial charge in [-0.15, -0.1) is 0 Å². The molecule has 0 fully saturated rings. The number of hydrogen-bond donors (Lipinski definition) is 3. The summed E-state index contributed by atoms with van der Waals surface area (Å²) < 4.78 is 12.6. The molecule has 4 atom stereocenters. The second-order valence-corrected chi connectivity index (χ2v) is 25.4. The van der Waals surface area contributed by atoms with Gasteiger partial charge >= 0.3 is 12.1 Å². The molecule has 0 spiro atoms. The standard InChI is InChI=1S/C61H69N3O7Si/c1-41(2)72(42(3)4,43(5)6)71-60(68)56(38-47-29-17-10-18-30-47)63-58(66)48(35-44-23-11-7-12-24-44)39-57(65)54(36-45-25-13-8-14-26-45)62-59(67)55(37-46-27-15-9-16-28-46)64-61(69)70-40-53-51-33-21-19-31-49(51)50-32-20-22-34-52(50)53/h7-34,41-43,48,53-56H,35-40H2,1-6H3,(H,62,67)(H,63,66)(H,64,69)/t48-,54+,55+,56+/m1/s1. The molecule has 6 aromatic carbocycles. The maximum atomic E-state index is 15.0. The van der Waals surface area contributed by atoms with Crippen molar-refractivity contribution >= 4 is 38.0 Å². The summed E-state index contributed by atoms with van der Waals surface area (Å²) >= 11 is 0. The Morgan fingerprint density at radius 1 is 0.458 bits per heavy atom. The first kappa shape index (κ1) is 52.7. The number of ketones is 1. The van der Waals surface area contributed by atoms with Crippen molar-refractivity contribution in [2.24, 2.45) is 5.92 Å². The molecule has 0 heterocycles. The lowest BCUT2D eigenvalue weighted by atomic mass is 9.89. The van der Waals surface area contributed by atoms with Crippen molar-refractivity contribution in [2.45, 2.75) is 114 Å². The molecule has 6 aromatic rings. The second kappa shape index (κ2) is 24.8. The number of nitrogens with one attached hydrogen (secondary N) is 3. The topological polar surface area (TPSA) is 140 Å². The van der Waals surface area contributed by atoms with E-state index in [-0.39, 0.29) is 67.0 Å². The van der Waals surface area contributed by atoms with Crippen LogP contribution in [0.4, 0.5) is 4.79 Å². The summed E-state index contributed by atoms with van der Waals surface area (Å²) in [5.74, 6) is -3.03. The Morgan fingerprint density at radius 2 is 0.847 bits per heavy atom. The van der Waals surface area contributed by atoms with Gasteiger partial charge in [0.25, 0.3) is 8.32 Å². The highest BCUT2D eigenvalue weighted by molar-refractivity contribution is 6.79. The van der Waals surface area contributed by atoms with E-state index < -0.39 is 56.2 Å². The summed E-state index contributed by atoms with van der Waals surface area (Å²) in [5.41, 5.74) is 7.94. The summed E-state index contributed by atoms with van der Waals surface area (Å²) in [6, 6.07) is 50.6. The summed E-state index contributed by atoms with van der Waals surface area (Å²) in [4.78, 5) is 72.9. The van der Waals surface area contributed by atoms with Crippen molar-refractivity contribution in [3.05, 3.63) is 203 Å². The van der Waals surface area contributed by atoms with E-state index in [4.69, 9.17) is 9.16 Å². The molecule has 3 N–H and O–H groups in total. The molecule has 7 rings (SSSR count). The Balaban J connectivity index is 1.14. The van der Waals surface area contributed by atoms with Gasteiger partial charge in [-0.3, -0.25) is 19.2 Å². The quantitative estimate of drug-likeness (QED) is 0.0543. The van der Waals surface area contributed by atoms with Gasteiger partial charge in [-0.1, -0.05) is 211 Å². The maximum Gasteiger partial charge on any atom is 0.407 e. The first-order valence-corrected chi connectivity index (χ1v) is 27.5. The zero-order valence-corrected chi connectivity index (χ0v) is 43.4. The van der Waals surface area contributed by atoms with E-state index in [2.05, 4.69) is 69.6 Å². The predicted molar refractivity (Wildman–Crippen MR) is 287 cm³/mol. The average molecular weight is 984 g/mol. The van der Waals surface area contributed by atoms with Crippen LogP contribution in [0, 0.1) is 5.92 Å². The number of ether oxygens (including phenoxy) is 1. The van der Waals surface area contributed by atoms with Crippen molar-refractivity contribution in [3.8, 4) is 11.1 Å². The van der Waals surface area contributed by atoms with Gasteiger partial charge in [-0.25, -0.2) is 4.79 Å². The summed E-state index contributed by atoms with van der Waals surface area (Å²) in [6.07, 6.45) is -0.379. The number of fused-ring (bicyclic) bond motifs is 3. The maximum absolute atomic E-state index is 15.0. The monoisotopic (exact) mass is 983 g/mol. The minimum Gasteiger partial charge on any atom is -0.517 e. The molecule has 0 unspecified atom stereocenters. The molecule has 1 aliphatic rings. The van der Waals surface area contributed by atoms with Crippen molar-refractivity contribution in [1.82, 2.24) is 16.0 Å². The van der Waals surface area contributed by atoms with E-state index in [1.165, 1.54) is 0 Å². The molecule has 0 saturated heterocycles. The minimum absolute atomic E-state index is 0.0550. The van der Waals surface area contributed by atoms with Crippen LogP contribution in [0.2, 0.25) is 16.6 Å². The van der Waals surface area contributed by atoms with E-state index in [1.807, 2.05) is 158 Å². The molecule has 10 nitrogen and oxygen atoms in total. The van der Waals surface area contributed by atoms with Gasteiger partial charge in [0, 0.05) is 31.1 Å². The van der Waals surface area contributed by atoms with Crippen LogP contribution in [0.25, 0.3) is 11.1 Å². The molecule has 72 heavy (non-hydrogen) atoms. The highest BCUT2D eigenvalue weighted by atomic mass is 28.4. The van der Waals surface area contributed by atoms with Crippen LogP contribution >= 0.6 is 0 Å². The third-order valence-electron chi connectivity index (χ3n) is 14.2. The number of alkyl carbamates (subject to hydrolysis) is 1. The van der Waals surface area contributed by atoms with Crippen LogP contribution in [-0.2, 0) is 54.0 Å². The van der Waals surface area contributed by atoms with E-state index >= 15 is 0 Å². The van der Waals surface area contributed by atoms with Gasteiger partial charge in [0.2, 0.25) is 11.8 Å². The predicted octanol–water partition coefficient (Wildman–Crippen LogP) is 11.1. The van der Waals surface area contributed by atoms with Gasteiger partial charge in [0.15, 0.2) is 5.78 Å². The zero-order chi connectivity index (χ0) is 51.2. The van der Waals surface area contributed by atoms with Crippen LogP contribution in [0.3, 0.4) is 0 Å². The van der Waals surface area contributed by atoms with Gasteiger partial charge < -0.3 is 25.1 Å². The van der Waals surface area contributed by atoms with Gasteiger partial charge in [-0.2, -0.15) is 0 Å². The summed E-state index contributed by atoms with van der Waals surface area (Å²) in [6.45, 7) is 12.7. The fraction of sp³-hybridized carbons (Fsp3) is 0.328. The highest BCUT2D eigenvalue weighted by Crippen LogP contribution is 2.45. The van der Waals surface area contributed by atoms with Crippen LogP contribution < -0.4 is 16.0 Å². The lowest BCUT2D eigenvalue weighted by Crippen LogP contribution is -2.55. The molecule has 0 bridgehead atoms. The van der Waals surface area contributed by atoms with Crippen molar-refractivity contribution in [3.63, 3.8) is 0 Å². The van der Waals surface area contributed by atoms with Crippen molar-refractivity contribution in [2.75, 3.05) is 6.61 Å². The van der Waals surface area contributed by atoms with Gasteiger partial charge in [0.1, 0.15) is 18.7 Å². The number of benzene rings is 6. The summed E-state index contributed by atoms with van der Waals surface area (Å²) in [7, 11) is -2.71. The second-order valence-electron chi connectivity index (χ2n) is 20.0. The number of carbonyl (C=O) groups is 5.